The number of carboxylic acid groups (broad SMARTS) is 1. The molecule has 8 heteroatoms. The smallest absolute Gasteiger partial charge is 0.325 e. The predicted octanol–water partition coefficient (Wildman–Crippen LogP) is 0.938. The number of benzene rings is 1. The highest BCUT2D eigenvalue weighted by Gasteiger charge is 2.10. The third-order valence-electron chi connectivity index (χ3n) is 2.15. The molecular weight excluding hydrogens is 240 g/mol. The lowest BCUT2D eigenvalue weighted by Crippen LogP contribution is -2.08. The molecule has 0 bridgehead atoms. The largest absolute Gasteiger partial charge is 0.480 e. The maximum absolute atomic E-state index is 10.6. The molecule has 0 aliphatic rings. The molecule has 0 amide bonds. The lowest BCUT2D eigenvalue weighted by atomic mass is 10.2. The fourth-order valence-corrected chi connectivity index (χ4v) is 1.40. The maximum Gasteiger partial charge on any atom is 0.325 e. The fourth-order valence-electron chi connectivity index (χ4n) is 1.40. The van der Waals surface area contributed by atoms with Crippen molar-refractivity contribution in [2.75, 3.05) is 0 Å². The molecule has 0 spiro atoms. The number of aromatic nitrogens is 3. The van der Waals surface area contributed by atoms with Gasteiger partial charge in [-0.3, -0.25) is 14.9 Å². The van der Waals surface area contributed by atoms with Crippen LogP contribution in [0.25, 0.3) is 11.4 Å². The summed E-state index contributed by atoms with van der Waals surface area (Å²) in [5.74, 6) is -0.787. The van der Waals surface area contributed by atoms with Gasteiger partial charge in [-0.1, -0.05) is 12.1 Å². The van der Waals surface area contributed by atoms with E-state index in [4.69, 9.17) is 5.11 Å². The first-order valence-corrected chi connectivity index (χ1v) is 4.92. The summed E-state index contributed by atoms with van der Waals surface area (Å²) in [6.07, 6.45) is 1.27. The molecule has 0 aliphatic heterocycles. The zero-order chi connectivity index (χ0) is 13.1. The van der Waals surface area contributed by atoms with Crippen molar-refractivity contribution in [3.63, 3.8) is 0 Å². The lowest BCUT2D eigenvalue weighted by Gasteiger charge is -1.96. The summed E-state index contributed by atoms with van der Waals surface area (Å²) >= 11 is 0. The Morgan fingerprint density at radius 1 is 1.50 bits per heavy atom. The summed E-state index contributed by atoms with van der Waals surface area (Å²) in [7, 11) is 0. The van der Waals surface area contributed by atoms with Crippen LogP contribution in [0.3, 0.4) is 0 Å². The van der Waals surface area contributed by atoms with Crippen LogP contribution < -0.4 is 0 Å². The van der Waals surface area contributed by atoms with Crippen molar-refractivity contribution in [1.29, 1.82) is 0 Å². The second kappa shape index (κ2) is 4.62. The minimum absolute atomic E-state index is 0.0675. The van der Waals surface area contributed by atoms with Gasteiger partial charge in [0.2, 0.25) is 0 Å². The molecule has 0 radical (unpaired) electrons. The average molecular weight is 248 g/mol. The van der Waals surface area contributed by atoms with Gasteiger partial charge < -0.3 is 5.11 Å². The van der Waals surface area contributed by atoms with Crippen molar-refractivity contribution in [1.82, 2.24) is 14.8 Å². The molecule has 0 saturated carbocycles. The second-order valence-corrected chi connectivity index (χ2v) is 3.47. The molecule has 1 N–H and O–H groups in total. The van der Waals surface area contributed by atoms with Crippen LogP contribution in [0, 0.1) is 10.1 Å². The van der Waals surface area contributed by atoms with Crippen LogP contribution in [0.15, 0.2) is 30.6 Å². The molecule has 2 aromatic rings. The first-order chi connectivity index (χ1) is 8.56. The second-order valence-electron chi connectivity index (χ2n) is 3.47. The number of non-ortho nitro benzene ring substituents is 1. The molecule has 2 rings (SSSR count). The number of hydrogen-bond acceptors (Lipinski definition) is 5. The Hall–Kier alpha value is -2.77. The van der Waals surface area contributed by atoms with E-state index in [0.29, 0.717) is 5.56 Å². The lowest BCUT2D eigenvalue weighted by molar-refractivity contribution is -0.384. The van der Waals surface area contributed by atoms with Gasteiger partial charge in [-0.25, -0.2) is 9.67 Å². The van der Waals surface area contributed by atoms with Crippen molar-refractivity contribution in [3.05, 3.63) is 40.7 Å². The number of hydrogen-bond donors (Lipinski definition) is 1. The molecule has 92 valence electrons. The number of rotatable bonds is 4. The number of nitro benzene ring substituents is 1. The van der Waals surface area contributed by atoms with E-state index in [1.807, 2.05) is 0 Å². The van der Waals surface area contributed by atoms with Crippen molar-refractivity contribution < 1.29 is 14.8 Å². The zero-order valence-corrected chi connectivity index (χ0v) is 9.05. The van der Waals surface area contributed by atoms with Crippen molar-refractivity contribution in [3.8, 4) is 11.4 Å². The van der Waals surface area contributed by atoms with Gasteiger partial charge in [0.1, 0.15) is 12.9 Å². The number of nitro groups is 1. The van der Waals surface area contributed by atoms with Crippen LogP contribution in [-0.4, -0.2) is 30.8 Å². The van der Waals surface area contributed by atoms with Gasteiger partial charge in [-0.2, -0.15) is 5.10 Å². The first-order valence-electron chi connectivity index (χ1n) is 4.92. The number of nitrogens with zero attached hydrogens (tertiary/aromatic N) is 4. The summed E-state index contributed by atoms with van der Waals surface area (Å²) in [4.78, 5) is 24.5. The molecule has 0 unspecified atom stereocenters. The van der Waals surface area contributed by atoms with Crippen molar-refractivity contribution in [2.24, 2.45) is 0 Å². The Balaban J connectivity index is 2.31. The van der Waals surface area contributed by atoms with Gasteiger partial charge in [0.25, 0.3) is 5.69 Å². The molecule has 0 saturated heterocycles. The van der Waals surface area contributed by atoms with Crippen LogP contribution >= 0.6 is 0 Å². The fraction of sp³-hybridized carbons (Fsp3) is 0.100. The summed E-state index contributed by atoms with van der Waals surface area (Å²) in [6, 6.07) is 5.83. The molecule has 1 aromatic carbocycles. The number of carbonyl (C=O) groups is 1. The van der Waals surface area contributed by atoms with Crippen LogP contribution in [0.2, 0.25) is 0 Å². The maximum atomic E-state index is 10.6. The minimum Gasteiger partial charge on any atom is -0.480 e. The molecule has 0 fully saturated rings. The number of aliphatic carboxylic acids is 1. The quantitative estimate of drug-likeness (QED) is 0.636. The van der Waals surface area contributed by atoms with Gasteiger partial charge in [0.05, 0.1) is 4.92 Å². The average Bonchev–Trinajstić information content (AvgIpc) is 2.77. The van der Waals surface area contributed by atoms with Crippen LogP contribution in [0.5, 0.6) is 0 Å². The van der Waals surface area contributed by atoms with Gasteiger partial charge in [-0.15, -0.1) is 0 Å². The van der Waals surface area contributed by atoms with Crippen LogP contribution in [0.1, 0.15) is 0 Å². The SMILES string of the molecule is O=C(O)Cn1cnc(-c2cccc([N+](=O)[O-])c2)n1. The van der Waals surface area contributed by atoms with E-state index in [2.05, 4.69) is 10.1 Å². The Kier molecular flexibility index (Phi) is 3.00. The molecule has 0 atom stereocenters. The molecule has 0 aliphatic carbocycles. The molecule has 1 aromatic heterocycles. The van der Waals surface area contributed by atoms with Crippen molar-refractivity contribution >= 4 is 11.7 Å². The van der Waals surface area contributed by atoms with Gasteiger partial charge in [0, 0.05) is 17.7 Å². The van der Waals surface area contributed by atoms with Gasteiger partial charge in [0.15, 0.2) is 5.82 Å². The van der Waals surface area contributed by atoms with E-state index in [-0.39, 0.29) is 18.1 Å². The minimum atomic E-state index is -1.04. The summed E-state index contributed by atoms with van der Waals surface area (Å²) in [5, 5.41) is 23.1. The van der Waals surface area contributed by atoms with E-state index >= 15 is 0 Å². The predicted molar refractivity (Wildman–Crippen MR) is 59.7 cm³/mol. The summed E-state index contributed by atoms with van der Waals surface area (Å²) in [5.41, 5.74) is 0.399. The van der Waals surface area contributed by atoms with Crippen LogP contribution in [-0.2, 0) is 11.3 Å². The highest BCUT2D eigenvalue weighted by molar-refractivity contribution is 5.66. The van der Waals surface area contributed by atoms with E-state index < -0.39 is 10.9 Å². The standard InChI is InChI=1S/C10H8N4O4/c15-9(16)5-13-6-11-10(12-13)7-2-1-3-8(4-7)14(17)18/h1-4,6H,5H2,(H,15,16). The highest BCUT2D eigenvalue weighted by Crippen LogP contribution is 2.20. The van der Waals surface area contributed by atoms with Gasteiger partial charge in [-0.05, 0) is 0 Å². The Morgan fingerprint density at radius 2 is 2.28 bits per heavy atom. The van der Waals surface area contributed by atoms with E-state index in [0.717, 1.165) is 4.68 Å². The third-order valence-corrected chi connectivity index (χ3v) is 2.15. The first kappa shape index (κ1) is 11.7. The Labute approximate surface area is 101 Å². The Morgan fingerprint density at radius 3 is 2.94 bits per heavy atom. The Bertz CT molecular complexity index is 607. The molecule has 8 nitrogen and oxygen atoms in total. The summed E-state index contributed by atoms with van der Waals surface area (Å²) in [6.45, 7) is -0.304. The third kappa shape index (κ3) is 2.48. The van der Waals surface area contributed by atoms with Gasteiger partial charge >= 0.3 is 5.97 Å². The number of carboxylic acids is 1. The molecule has 18 heavy (non-hydrogen) atoms. The van der Waals surface area contributed by atoms with Crippen molar-refractivity contribution in [2.45, 2.75) is 6.54 Å². The van der Waals surface area contributed by atoms with E-state index in [1.165, 1.54) is 24.5 Å². The zero-order valence-electron chi connectivity index (χ0n) is 9.05. The molecule has 1 heterocycles. The normalized spacial score (nSPS) is 10.2. The topological polar surface area (TPSA) is 111 Å². The molecular formula is C10H8N4O4. The van der Waals surface area contributed by atoms with Crippen LogP contribution in [0.4, 0.5) is 5.69 Å². The summed E-state index contributed by atoms with van der Waals surface area (Å²) < 4.78 is 1.15. The van der Waals surface area contributed by atoms with E-state index in [9.17, 15) is 14.9 Å². The van der Waals surface area contributed by atoms with E-state index in [1.54, 1.807) is 6.07 Å². The highest BCUT2D eigenvalue weighted by atomic mass is 16.6. The monoisotopic (exact) mass is 248 g/mol.